The lowest BCUT2D eigenvalue weighted by molar-refractivity contribution is -0.181. The largest absolute Gasteiger partial charge is 0.388 e. The average molecular weight is 148 g/mol. The second-order valence-corrected chi connectivity index (χ2v) is 2.59. The number of aliphatic hydroxyl groups is 3. The molecule has 0 unspecified atom stereocenters. The summed E-state index contributed by atoms with van der Waals surface area (Å²) in [5.74, 6) is 0. The monoisotopic (exact) mass is 148 g/mol. The molecule has 1 saturated heterocycles. The van der Waals surface area contributed by atoms with E-state index in [2.05, 4.69) is 0 Å². The minimum Gasteiger partial charge on any atom is -0.388 e. The smallest absolute Gasteiger partial charge is 0.110 e. The molecule has 1 aliphatic rings. The van der Waals surface area contributed by atoms with Gasteiger partial charge in [-0.25, -0.2) is 0 Å². The van der Waals surface area contributed by atoms with Crippen LogP contribution < -0.4 is 0 Å². The first-order valence-corrected chi connectivity index (χ1v) is 3.28. The van der Waals surface area contributed by atoms with E-state index in [0.29, 0.717) is 0 Å². The van der Waals surface area contributed by atoms with Crippen molar-refractivity contribution in [1.82, 2.24) is 0 Å². The molecule has 0 spiro atoms. The summed E-state index contributed by atoms with van der Waals surface area (Å²) in [6.07, 6.45) is -3.38. The highest BCUT2D eigenvalue weighted by Gasteiger charge is 2.34. The van der Waals surface area contributed by atoms with Crippen molar-refractivity contribution in [2.75, 3.05) is 6.61 Å². The van der Waals surface area contributed by atoms with Gasteiger partial charge in [0.1, 0.15) is 18.3 Å². The first-order valence-electron chi connectivity index (χ1n) is 3.28. The minimum atomic E-state index is -1.07. The molecule has 3 N–H and O–H groups in total. The van der Waals surface area contributed by atoms with Crippen molar-refractivity contribution >= 4 is 0 Å². The Hall–Kier alpha value is -0.160. The highest BCUT2D eigenvalue weighted by atomic mass is 16.5. The van der Waals surface area contributed by atoms with E-state index in [1.807, 2.05) is 0 Å². The molecule has 0 aromatic rings. The van der Waals surface area contributed by atoms with E-state index in [1.54, 1.807) is 6.92 Å². The Labute approximate surface area is 59.1 Å². The maximum atomic E-state index is 9.08. The molecule has 1 rings (SSSR count). The third-order valence-corrected chi connectivity index (χ3v) is 1.75. The highest BCUT2D eigenvalue weighted by molar-refractivity contribution is 4.83. The van der Waals surface area contributed by atoms with Gasteiger partial charge in [0.15, 0.2) is 0 Å². The minimum absolute atomic E-state index is 0.0966. The SMILES string of the molecule is C[C@H]1OC[C@@H](O)[C@H](O)[C@H]1O. The predicted octanol–water partition coefficient (Wildman–Crippen LogP) is -1.51. The lowest BCUT2D eigenvalue weighted by Crippen LogP contribution is -2.51. The molecule has 0 radical (unpaired) electrons. The van der Waals surface area contributed by atoms with Crippen LogP contribution in [0, 0.1) is 0 Å². The second-order valence-electron chi connectivity index (χ2n) is 2.59. The van der Waals surface area contributed by atoms with Crippen molar-refractivity contribution in [2.24, 2.45) is 0 Å². The van der Waals surface area contributed by atoms with Gasteiger partial charge in [-0.2, -0.15) is 0 Å². The average Bonchev–Trinajstić information content (AvgIpc) is 1.93. The van der Waals surface area contributed by atoms with Gasteiger partial charge in [0.05, 0.1) is 12.7 Å². The predicted molar refractivity (Wildman–Crippen MR) is 33.4 cm³/mol. The maximum Gasteiger partial charge on any atom is 0.110 e. The van der Waals surface area contributed by atoms with Gasteiger partial charge in [0.25, 0.3) is 0 Å². The fourth-order valence-electron chi connectivity index (χ4n) is 0.953. The van der Waals surface area contributed by atoms with Gasteiger partial charge < -0.3 is 20.1 Å². The van der Waals surface area contributed by atoms with Crippen LogP contribution in [0.2, 0.25) is 0 Å². The lowest BCUT2D eigenvalue weighted by Gasteiger charge is -2.33. The summed E-state index contributed by atoms with van der Waals surface area (Å²) in [6.45, 7) is 1.75. The third-order valence-electron chi connectivity index (χ3n) is 1.75. The van der Waals surface area contributed by atoms with Crippen molar-refractivity contribution < 1.29 is 20.1 Å². The highest BCUT2D eigenvalue weighted by Crippen LogP contribution is 2.14. The van der Waals surface area contributed by atoms with Crippen molar-refractivity contribution in [2.45, 2.75) is 31.3 Å². The van der Waals surface area contributed by atoms with Gasteiger partial charge in [-0.15, -0.1) is 0 Å². The van der Waals surface area contributed by atoms with Crippen LogP contribution in [0.3, 0.4) is 0 Å². The van der Waals surface area contributed by atoms with E-state index >= 15 is 0 Å². The van der Waals surface area contributed by atoms with Gasteiger partial charge in [0.2, 0.25) is 0 Å². The van der Waals surface area contributed by atoms with Gasteiger partial charge in [0, 0.05) is 0 Å². The molecule has 0 aromatic heterocycles. The summed E-state index contributed by atoms with van der Waals surface area (Å²) in [5, 5.41) is 27.0. The molecule has 4 heteroatoms. The topological polar surface area (TPSA) is 69.9 Å². The van der Waals surface area contributed by atoms with Crippen molar-refractivity contribution in [3.05, 3.63) is 0 Å². The molecule has 0 bridgehead atoms. The van der Waals surface area contributed by atoms with Crippen LogP contribution >= 0.6 is 0 Å². The molecule has 1 heterocycles. The van der Waals surface area contributed by atoms with Crippen LogP contribution in [0.4, 0.5) is 0 Å². The summed E-state index contributed by atoms with van der Waals surface area (Å²) < 4.78 is 4.91. The second kappa shape index (κ2) is 2.84. The van der Waals surface area contributed by atoms with Crippen LogP contribution in [0.25, 0.3) is 0 Å². The van der Waals surface area contributed by atoms with E-state index in [0.717, 1.165) is 0 Å². The molecule has 0 amide bonds. The molecule has 0 saturated carbocycles. The van der Waals surface area contributed by atoms with Crippen LogP contribution in [-0.4, -0.2) is 46.3 Å². The number of aliphatic hydroxyl groups excluding tert-OH is 3. The zero-order valence-electron chi connectivity index (χ0n) is 5.77. The Morgan fingerprint density at radius 1 is 1.20 bits per heavy atom. The first kappa shape index (κ1) is 7.94. The Balaban J connectivity index is 2.52. The molecular weight excluding hydrogens is 136 g/mol. The third kappa shape index (κ3) is 1.29. The van der Waals surface area contributed by atoms with E-state index in [-0.39, 0.29) is 6.61 Å². The van der Waals surface area contributed by atoms with Crippen LogP contribution in [-0.2, 0) is 4.74 Å². The quantitative estimate of drug-likeness (QED) is 0.390. The summed E-state index contributed by atoms with van der Waals surface area (Å²) in [5.41, 5.74) is 0. The van der Waals surface area contributed by atoms with Gasteiger partial charge in [-0.05, 0) is 6.92 Å². The fraction of sp³-hybridized carbons (Fsp3) is 1.00. The van der Waals surface area contributed by atoms with Crippen molar-refractivity contribution in [3.63, 3.8) is 0 Å². The van der Waals surface area contributed by atoms with Crippen molar-refractivity contribution in [1.29, 1.82) is 0 Å². The van der Waals surface area contributed by atoms with Crippen LogP contribution in [0.15, 0.2) is 0 Å². The van der Waals surface area contributed by atoms with Gasteiger partial charge in [-0.1, -0.05) is 0 Å². The molecule has 1 fully saturated rings. The normalized spacial score (nSPS) is 49.2. The van der Waals surface area contributed by atoms with Gasteiger partial charge >= 0.3 is 0 Å². The van der Waals surface area contributed by atoms with E-state index in [9.17, 15) is 0 Å². The summed E-state index contributed by atoms with van der Waals surface area (Å²) in [4.78, 5) is 0. The Bertz CT molecular complexity index is 102. The zero-order valence-corrected chi connectivity index (χ0v) is 5.77. The van der Waals surface area contributed by atoms with Gasteiger partial charge in [-0.3, -0.25) is 0 Å². The molecule has 1 aliphatic heterocycles. The molecular formula is C6H12O4. The molecule has 10 heavy (non-hydrogen) atoms. The number of hydrogen-bond donors (Lipinski definition) is 3. The van der Waals surface area contributed by atoms with Crippen LogP contribution in [0.1, 0.15) is 6.92 Å². The molecule has 0 aliphatic carbocycles. The molecule has 60 valence electrons. The first-order chi connectivity index (χ1) is 4.63. The summed E-state index contributed by atoms with van der Waals surface area (Å²) in [6, 6.07) is 0. The van der Waals surface area contributed by atoms with Crippen LogP contribution in [0.5, 0.6) is 0 Å². The van der Waals surface area contributed by atoms with E-state index in [1.165, 1.54) is 0 Å². The number of rotatable bonds is 0. The lowest BCUT2D eigenvalue weighted by atomic mass is 10.0. The molecule has 4 nitrogen and oxygen atoms in total. The summed E-state index contributed by atoms with van der Waals surface area (Å²) in [7, 11) is 0. The molecule has 4 atom stereocenters. The zero-order chi connectivity index (χ0) is 7.72. The van der Waals surface area contributed by atoms with E-state index in [4.69, 9.17) is 20.1 Å². The Morgan fingerprint density at radius 3 is 2.30 bits per heavy atom. The molecule has 0 aromatic carbocycles. The van der Waals surface area contributed by atoms with E-state index < -0.39 is 24.4 Å². The number of hydrogen-bond acceptors (Lipinski definition) is 4. The van der Waals surface area contributed by atoms with Crippen molar-refractivity contribution in [3.8, 4) is 0 Å². The fourth-order valence-corrected chi connectivity index (χ4v) is 0.953. The summed E-state index contributed by atoms with van der Waals surface area (Å²) >= 11 is 0. The number of ether oxygens (including phenoxy) is 1. The Kier molecular flexibility index (Phi) is 2.25. The maximum absolute atomic E-state index is 9.08. The Morgan fingerprint density at radius 2 is 1.80 bits per heavy atom. The standard InChI is InChI=1S/C6H12O4/c1-3-5(8)6(9)4(7)2-10-3/h3-9H,2H2,1H3/t3-,4-,5+,6+/m1/s1.